The van der Waals surface area contributed by atoms with Gasteiger partial charge in [0.2, 0.25) is 5.90 Å². The van der Waals surface area contributed by atoms with Crippen molar-refractivity contribution in [2.24, 2.45) is 16.6 Å². The summed E-state index contributed by atoms with van der Waals surface area (Å²) in [5, 5.41) is 0. The van der Waals surface area contributed by atoms with Crippen molar-refractivity contribution in [2.75, 3.05) is 19.6 Å². The Morgan fingerprint density at radius 2 is 2.04 bits per heavy atom. The zero-order chi connectivity index (χ0) is 20.6. The summed E-state index contributed by atoms with van der Waals surface area (Å²) in [6.07, 6.45) is 4.78. The highest BCUT2D eigenvalue weighted by molar-refractivity contribution is 5.94. The molecule has 150 valence electrons. The van der Waals surface area contributed by atoms with Crippen LogP contribution in [-0.4, -0.2) is 36.0 Å². The van der Waals surface area contributed by atoms with Gasteiger partial charge in [-0.05, 0) is 58.8 Å². The van der Waals surface area contributed by atoms with E-state index >= 15 is 0 Å². The van der Waals surface area contributed by atoms with E-state index in [9.17, 15) is 4.39 Å². The smallest absolute Gasteiger partial charge is 0.217 e. The second kappa shape index (κ2) is 10.1. The minimum absolute atomic E-state index is 0.263. The molecule has 1 aromatic rings. The van der Waals surface area contributed by atoms with Crippen LogP contribution in [0.25, 0.3) is 0 Å². The van der Waals surface area contributed by atoms with E-state index in [1.807, 2.05) is 20.8 Å². The largest absolute Gasteiger partial charge is 0.472 e. The van der Waals surface area contributed by atoms with E-state index in [0.29, 0.717) is 18.0 Å². The Morgan fingerprint density at radius 3 is 2.64 bits per heavy atom. The lowest BCUT2D eigenvalue weighted by atomic mass is 9.96. The first-order valence-corrected chi connectivity index (χ1v) is 9.58. The fourth-order valence-corrected chi connectivity index (χ4v) is 2.91. The first kappa shape index (κ1) is 21.7. The molecule has 2 rings (SSSR count). The van der Waals surface area contributed by atoms with Gasteiger partial charge in [-0.25, -0.2) is 9.38 Å². The molecule has 1 aromatic carbocycles. The van der Waals surface area contributed by atoms with Crippen LogP contribution in [0.4, 0.5) is 4.39 Å². The van der Waals surface area contributed by atoms with E-state index in [1.54, 1.807) is 18.2 Å². The lowest BCUT2D eigenvalue weighted by Crippen LogP contribution is -2.37. The van der Waals surface area contributed by atoms with Crippen LogP contribution in [0.3, 0.4) is 0 Å². The van der Waals surface area contributed by atoms with Gasteiger partial charge < -0.3 is 10.5 Å². The van der Waals surface area contributed by atoms with Gasteiger partial charge in [0.05, 0.1) is 5.56 Å². The molecule has 0 saturated carbocycles. The number of likely N-dealkylation sites (tertiary alicyclic amines) is 1. The van der Waals surface area contributed by atoms with Gasteiger partial charge in [-0.1, -0.05) is 30.6 Å². The number of benzene rings is 1. The SMILES string of the molecule is C=C(CN1CCC(C#Cc2ccccc2F)CC1)C(=N/C=C\N)OC(C)(C)C. The first-order valence-electron chi connectivity index (χ1n) is 9.58. The molecule has 0 atom stereocenters. The van der Waals surface area contributed by atoms with Gasteiger partial charge in [0.1, 0.15) is 11.4 Å². The summed E-state index contributed by atoms with van der Waals surface area (Å²) in [4.78, 5) is 6.60. The van der Waals surface area contributed by atoms with Crippen LogP contribution in [0.15, 0.2) is 53.8 Å². The van der Waals surface area contributed by atoms with Gasteiger partial charge in [-0.15, -0.1) is 0 Å². The van der Waals surface area contributed by atoms with E-state index in [-0.39, 0.29) is 17.3 Å². The molecule has 4 nitrogen and oxygen atoms in total. The average molecular weight is 384 g/mol. The third-order valence-corrected chi connectivity index (χ3v) is 4.27. The summed E-state index contributed by atoms with van der Waals surface area (Å²) in [7, 11) is 0. The Morgan fingerprint density at radius 1 is 1.36 bits per heavy atom. The molecule has 28 heavy (non-hydrogen) atoms. The lowest BCUT2D eigenvalue weighted by molar-refractivity contribution is 0.115. The number of piperidine rings is 1. The third-order valence-electron chi connectivity index (χ3n) is 4.27. The van der Waals surface area contributed by atoms with Crippen LogP contribution in [0.1, 0.15) is 39.2 Å². The first-order chi connectivity index (χ1) is 13.3. The number of aliphatic imine (C=N–C) groups is 1. The molecule has 0 unspecified atom stereocenters. The molecule has 5 heteroatoms. The molecule has 0 spiro atoms. The third kappa shape index (κ3) is 7.21. The van der Waals surface area contributed by atoms with Gasteiger partial charge in [0.15, 0.2) is 0 Å². The van der Waals surface area contributed by atoms with Crippen LogP contribution in [-0.2, 0) is 4.74 Å². The molecular formula is C23H30FN3O. The van der Waals surface area contributed by atoms with Crippen molar-refractivity contribution >= 4 is 5.90 Å². The van der Waals surface area contributed by atoms with Crippen LogP contribution in [0, 0.1) is 23.6 Å². The molecule has 1 saturated heterocycles. The summed E-state index contributed by atoms with van der Waals surface area (Å²) >= 11 is 0. The number of ether oxygens (including phenoxy) is 1. The maximum absolute atomic E-state index is 13.7. The minimum atomic E-state index is -0.362. The molecule has 1 aliphatic heterocycles. The summed E-state index contributed by atoms with van der Waals surface area (Å²) in [6.45, 7) is 12.6. The highest BCUT2D eigenvalue weighted by Crippen LogP contribution is 2.19. The second-order valence-electron chi connectivity index (χ2n) is 7.89. The Hall–Kier alpha value is -2.58. The number of hydrogen-bond donors (Lipinski definition) is 1. The molecule has 2 N–H and O–H groups in total. The van der Waals surface area contributed by atoms with E-state index < -0.39 is 0 Å². The maximum Gasteiger partial charge on any atom is 0.217 e. The van der Waals surface area contributed by atoms with Crippen LogP contribution in [0.2, 0.25) is 0 Å². The summed E-state index contributed by atoms with van der Waals surface area (Å²) in [5.74, 6) is 6.74. The van der Waals surface area contributed by atoms with Crippen molar-refractivity contribution in [1.82, 2.24) is 4.90 Å². The fourth-order valence-electron chi connectivity index (χ4n) is 2.91. The van der Waals surface area contributed by atoms with Gasteiger partial charge in [-0.3, -0.25) is 4.90 Å². The van der Waals surface area contributed by atoms with Gasteiger partial charge in [0, 0.05) is 30.4 Å². The summed E-state index contributed by atoms with van der Waals surface area (Å²) in [6, 6.07) is 6.64. The van der Waals surface area contributed by atoms with Crippen LogP contribution < -0.4 is 5.73 Å². The summed E-state index contributed by atoms with van der Waals surface area (Å²) < 4.78 is 19.6. The standard InChI is InChI=1S/C23H30FN3O/c1-18(22(26-14-13-25)28-23(2,3)4)17-27-15-11-19(12-16-27)9-10-20-7-5-6-8-21(20)24/h5-8,13-14,19H,1,11-12,15-17,25H2,2-4H3/b14-13-,26-22?. The Labute approximate surface area is 168 Å². The number of hydrogen-bond acceptors (Lipinski definition) is 4. The Balaban J connectivity index is 1.91. The van der Waals surface area contributed by atoms with Crippen LogP contribution >= 0.6 is 0 Å². The van der Waals surface area contributed by atoms with Crippen molar-refractivity contribution in [3.63, 3.8) is 0 Å². The molecular weight excluding hydrogens is 353 g/mol. The predicted molar refractivity (Wildman–Crippen MR) is 113 cm³/mol. The monoisotopic (exact) mass is 383 g/mol. The van der Waals surface area contributed by atoms with E-state index in [1.165, 1.54) is 18.5 Å². The average Bonchev–Trinajstić information content (AvgIpc) is 2.64. The molecule has 0 aliphatic carbocycles. The van der Waals surface area contributed by atoms with E-state index in [4.69, 9.17) is 10.5 Å². The fraction of sp³-hybridized carbons (Fsp3) is 0.435. The normalized spacial score (nSPS) is 16.6. The number of nitrogens with two attached hydrogens (primary N) is 1. The van der Waals surface area contributed by atoms with Gasteiger partial charge in [0.25, 0.3) is 0 Å². The van der Waals surface area contributed by atoms with E-state index in [0.717, 1.165) is 31.5 Å². The topological polar surface area (TPSA) is 50.8 Å². The molecule has 1 fully saturated rings. The van der Waals surface area contributed by atoms with Crippen molar-refractivity contribution in [2.45, 2.75) is 39.2 Å². The van der Waals surface area contributed by atoms with E-state index in [2.05, 4.69) is 28.3 Å². The Bertz CT molecular complexity index is 788. The molecule has 1 heterocycles. The quantitative estimate of drug-likeness (QED) is 0.484. The number of halogens is 1. The second-order valence-corrected chi connectivity index (χ2v) is 7.89. The van der Waals surface area contributed by atoms with Crippen molar-refractivity contribution in [3.8, 4) is 11.8 Å². The van der Waals surface area contributed by atoms with Gasteiger partial charge >= 0.3 is 0 Å². The predicted octanol–water partition coefficient (Wildman–Crippen LogP) is 4.09. The molecule has 1 aliphatic rings. The zero-order valence-corrected chi connectivity index (χ0v) is 17.0. The van der Waals surface area contributed by atoms with Crippen molar-refractivity contribution in [1.29, 1.82) is 0 Å². The number of rotatable bonds is 4. The maximum atomic E-state index is 13.7. The lowest BCUT2D eigenvalue weighted by Gasteiger charge is -2.31. The van der Waals surface area contributed by atoms with Crippen LogP contribution in [0.5, 0.6) is 0 Å². The highest BCUT2D eigenvalue weighted by Gasteiger charge is 2.22. The van der Waals surface area contributed by atoms with Gasteiger partial charge in [-0.2, -0.15) is 0 Å². The summed E-state index contributed by atoms with van der Waals surface area (Å²) in [5.41, 5.74) is 6.33. The van der Waals surface area contributed by atoms with Crippen molar-refractivity contribution < 1.29 is 9.13 Å². The zero-order valence-electron chi connectivity index (χ0n) is 17.0. The molecule has 0 radical (unpaired) electrons. The molecule has 0 aromatic heterocycles. The highest BCUT2D eigenvalue weighted by atomic mass is 19.1. The minimum Gasteiger partial charge on any atom is -0.472 e. The number of nitrogens with zero attached hydrogens (tertiary/aromatic N) is 2. The molecule has 0 amide bonds. The Kier molecular flexibility index (Phi) is 7.83. The molecule has 0 bridgehead atoms. The van der Waals surface area contributed by atoms with Crippen molar-refractivity contribution in [3.05, 3.63) is 60.2 Å².